The third-order valence-electron chi connectivity index (χ3n) is 4.93. The smallest absolute Gasteiger partial charge is 0.310 e. The minimum absolute atomic E-state index is 0.00852. The fourth-order valence-electron chi connectivity index (χ4n) is 3.01. The van der Waals surface area contributed by atoms with Crippen LogP contribution in [0.15, 0.2) is 0 Å². The Balaban J connectivity index is 2.86. The standard InChI is InChI=1S/C17H31NO3/c1-12(2)11-18(14-8-6-7-9-14)15(19)10-17(5,13(3)4)16(20)21/h12-14H,6-11H2,1-5H3,(H,20,21). The van der Waals surface area contributed by atoms with Crippen LogP contribution < -0.4 is 0 Å². The van der Waals surface area contributed by atoms with E-state index >= 15 is 0 Å². The summed E-state index contributed by atoms with van der Waals surface area (Å²) < 4.78 is 0. The Labute approximate surface area is 128 Å². The van der Waals surface area contributed by atoms with Gasteiger partial charge in [-0.05, 0) is 31.6 Å². The Morgan fingerprint density at radius 2 is 1.71 bits per heavy atom. The number of carbonyl (C=O) groups excluding carboxylic acids is 1. The van der Waals surface area contributed by atoms with Crippen molar-refractivity contribution in [2.75, 3.05) is 6.54 Å². The van der Waals surface area contributed by atoms with Crippen LogP contribution in [0.4, 0.5) is 0 Å². The molecule has 1 atom stereocenters. The highest BCUT2D eigenvalue weighted by Gasteiger charge is 2.41. The number of amides is 1. The van der Waals surface area contributed by atoms with Gasteiger partial charge in [-0.1, -0.05) is 40.5 Å². The Kier molecular flexibility index (Phi) is 6.24. The molecule has 4 heteroatoms. The van der Waals surface area contributed by atoms with Crippen molar-refractivity contribution in [2.24, 2.45) is 17.3 Å². The quantitative estimate of drug-likeness (QED) is 0.782. The van der Waals surface area contributed by atoms with E-state index in [1.54, 1.807) is 6.92 Å². The summed E-state index contributed by atoms with van der Waals surface area (Å²) >= 11 is 0. The van der Waals surface area contributed by atoms with Gasteiger partial charge in [-0.25, -0.2) is 0 Å². The van der Waals surface area contributed by atoms with Gasteiger partial charge in [0.15, 0.2) is 0 Å². The molecule has 1 fully saturated rings. The van der Waals surface area contributed by atoms with Crippen molar-refractivity contribution in [3.05, 3.63) is 0 Å². The van der Waals surface area contributed by atoms with Crippen molar-refractivity contribution in [1.29, 1.82) is 0 Å². The first-order valence-electron chi connectivity index (χ1n) is 8.21. The highest BCUT2D eigenvalue weighted by molar-refractivity contribution is 5.85. The van der Waals surface area contributed by atoms with Gasteiger partial charge in [-0.3, -0.25) is 9.59 Å². The van der Waals surface area contributed by atoms with Crippen LogP contribution in [0.2, 0.25) is 0 Å². The lowest BCUT2D eigenvalue weighted by Crippen LogP contribution is -2.45. The van der Waals surface area contributed by atoms with E-state index in [0.717, 1.165) is 19.4 Å². The van der Waals surface area contributed by atoms with Gasteiger partial charge in [-0.2, -0.15) is 0 Å². The molecule has 122 valence electrons. The molecule has 0 aromatic heterocycles. The molecule has 0 aliphatic heterocycles. The molecular weight excluding hydrogens is 266 g/mol. The molecule has 4 nitrogen and oxygen atoms in total. The lowest BCUT2D eigenvalue weighted by molar-refractivity contribution is -0.156. The van der Waals surface area contributed by atoms with Crippen molar-refractivity contribution < 1.29 is 14.7 Å². The molecule has 1 unspecified atom stereocenters. The summed E-state index contributed by atoms with van der Waals surface area (Å²) in [7, 11) is 0. The molecule has 0 spiro atoms. The van der Waals surface area contributed by atoms with Crippen LogP contribution in [-0.4, -0.2) is 34.5 Å². The molecular formula is C17H31NO3. The zero-order valence-corrected chi connectivity index (χ0v) is 14.2. The molecule has 1 N–H and O–H groups in total. The van der Waals surface area contributed by atoms with Gasteiger partial charge in [0.1, 0.15) is 0 Å². The molecule has 1 saturated carbocycles. The van der Waals surface area contributed by atoms with Gasteiger partial charge in [-0.15, -0.1) is 0 Å². The van der Waals surface area contributed by atoms with Gasteiger partial charge in [0.2, 0.25) is 5.91 Å². The summed E-state index contributed by atoms with van der Waals surface area (Å²) in [5.74, 6) is -0.524. The molecule has 21 heavy (non-hydrogen) atoms. The summed E-state index contributed by atoms with van der Waals surface area (Å²) in [5.41, 5.74) is -0.981. The van der Waals surface area contributed by atoms with E-state index < -0.39 is 11.4 Å². The van der Waals surface area contributed by atoms with Crippen LogP contribution in [-0.2, 0) is 9.59 Å². The summed E-state index contributed by atoms with van der Waals surface area (Å²) in [6, 6.07) is 0.310. The fourth-order valence-corrected chi connectivity index (χ4v) is 3.01. The zero-order valence-electron chi connectivity index (χ0n) is 14.2. The van der Waals surface area contributed by atoms with E-state index in [-0.39, 0.29) is 18.2 Å². The van der Waals surface area contributed by atoms with Crippen LogP contribution in [0.3, 0.4) is 0 Å². The number of aliphatic carboxylic acids is 1. The SMILES string of the molecule is CC(C)CN(C(=O)CC(C)(C(=O)O)C(C)C)C1CCCC1. The number of hydrogen-bond acceptors (Lipinski definition) is 2. The second kappa shape index (κ2) is 7.28. The van der Waals surface area contributed by atoms with E-state index in [9.17, 15) is 14.7 Å². The molecule has 0 aromatic carbocycles. The Morgan fingerprint density at radius 1 is 1.19 bits per heavy atom. The average molecular weight is 297 g/mol. The van der Waals surface area contributed by atoms with Gasteiger partial charge >= 0.3 is 5.97 Å². The van der Waals surface area contributed by atoms with E-state index in [4.69, 9.17) is 0 Å². The van der Waals surface area contributed by atoms with Crippen molar-refractivity contribution in [2.45, 2.75) is 72.8 Å². The highest BCUT2D eigenvalue weighted by atomic mass is 16.4. The van der Waals surface area contributed by atoms with E-state index in [1.165, 1.54) is 12.8 Å². The number of hydrogen-bond donors (Lipinski definition) is 1. The lowest BCUT2D eigenvalue weighted by atomic mass is 9.76. The first-order valence-corrected chi connectivity index (χ1v) is 8.21. The van der Waals surface area contributed by atoms with Crippen LogP contribution >= 0.6 is 0 Å². The number of carbonyl (C=O) groups is 2. The molecule has 1 amide bonds. The van der Waals surface area contributed by atoms with Crippen LogP contribution in [0.25, 0.3) is 0 Å². The predicted octanol–water partition coefficient (Wildman–Crippen LogP) is 3.55. The van der Waals surface area contributed by atoms with Gasteiger partial charge < -0.3 is 10.0 Å². The minimum Gasteiger partial charge on any atom is -0.481 e. The third-order valence-corrected chi connectivity index (χ3v) is 4.93. The molecule has 1 aliphatic rings. The maximum atomic E-state index is 12.8. The first-order chi connectivity index (χ1) is 9.68. The lowest BCUT2D eigenvalue weighted by Gasteiger charge is -2.35. The second-order valence-corrected chi connectivity index (χ2v) is 7.43. The fraction of sp³-hybridized carbons (Fsp3) is 0.882. The predicted molar refractivity (Wildman–Crippen MR) is 84.0 cm³/mol. The maximum absolute atomic E-state index is 12.8. The van der Waals surface area contributed by atoms with Crippen molar-refractivity contribution >= 4 is 11.9 Å². The second-order valence-electron chi connectivity index (χ2n) is 7.43. The van der Waals surface area contributed by atoms with Gasteiger partial charge in [0, 0.05) is 19.0 Å². The van der Waals surface area contributed by atoms with Gasteiger partial charge in [0.25, 0.3) is 0 Å². The molecule has 0 heterocycles. The van der Waals surface area contributed by atoms with Crippen LogP contribution in [0, 0.1) is 17.3 Å². The summed E-state index contributed by atoms with van der Waals surface area (Å²) in [4.78, 5) is 26.3. The molecule has 0 saturated heterocycles. The Hall–Kier alpha value is -1.06. The molecule has 0 aromatic rings. The number of nitrogens with zero attached hydrogens (tertiary/aromatic N) is 1. The van der Waals surface area contributed by atoms with E-state index in [0.29, 0.717) is 12.0 Å². The van der Waals surface area contributed by atoms with Crippen molar-refractivity contribution in [1.82, 2.24) is 4.90 Å². The summed E-state index contributed by atoms with van der Waals surface area (Å²) in [5, 5.41) is 9.51. The molecule has 0 bridgehead atoms. The average Bonchev–Trinajstić information content (AvgIpc) is 2.88. The monoisotopic (exact) mass is 297 g/mol. The zero-order chi connectivity index (χ0) is 16.2. The Morgan fingerprint density at radius 3 is 2.10 bits per heavy atom. The number of rotatable bonds is 7. The Bertz CT molecular complexity index is 372. The normalized spacial score (nSPS) is 19.0. The molecule has 1 rings (SSSR count). The summed E-state index contributed by atoms with van der Waals surface area (Å²) in [6.07, 6.45) is 4.57. The maximum Gasteiger partial charge on any atom is 0.310 e. The number of carboxylic acid groups (broad SMARTS) is 1. The minimum atomic E-state index is -0.981. The van der Waals surface area contributed by atoms with Crippen LogP contribution in [0.5, 0.6) is 0 Å². The van der Waals surface area contributed by atoms with Gasteiger partial charge in [0.05, 0.1) is 5.41 Å². The summed E-state index contributed by atoms with van der Waals surface area (Å²) in [6.45, 7) is 10.4. The topological polar surface area (TPSA) is 57.6 Å². The van der Waals surface area contributed by atoms with Crippen LogP contribution in [0.1, 0.15) is 66.7 Å². The number of carboxylic acids is 1. The highest BCUT2D eigenvalue weighted by Crippen LogP contribution is 2.34. The van der Waals surface area contributed by atoms with Crippen molar-refractivity contribution in [3.8, 4) is 0 Å². The molecule has 1 aliphatic carbocycles. The van der Waals surface area contributed by atoms with E-state index in [1.807, 2.05) is 18.7 Å². The van der Waals surface area contributed by atoms with Crippen molar-refractivity contribution in [3.63, 3.8) is 0 Å². The third kappa shape index (κ3) is 4.45. The first kappa shape index (κ1) is 18.0. The largest absolute Gasteiger partial charge is 0.481 e. The van der Waals surface area contributed by atoms with E-state index in [2.05, 4.69) is 13.8 Å². The molecule has 0 radical (unpaired) electrons.